The standard InChI is InChI=1S/C16H23FN4/c1-11-16(12(2)21(3)20-11)8-7-15(19-18)10-13-5-4-6-14(17)9-13/h4-6,9,15,19H,7-8,10,18H2,1-3H3. The van der Waals surface area contributed by atoms with Gasteiger partial charge in [0.2, 0.25) is 0 Å². The first-order valence-corrected chi connectivity index (χ1v) is 7.21. The monoisotopic (exact) mass is 290 g/mol. The highest BCUT2D eigenvalue weighted by Crippen LogP contribution is 2.16. The Morgan fingerprint density at radius 1 is 1.38 bits per heavy atom. The van der Waals surface area contributed by atoms with E-state index in [9.17, 15) is 4.39 Å². The Balaban J connectivity index is 1.99. The van der Waals surface area contributed by atoms with E-state index in [1.807, 2.05) is 24.7 Å². The Kier molecular flexibility index (Phi) is 5.09. The predicted molar refractivity (Wildman–Crippen MR) is 82.2 cm³/mol. The number of aromatic nitrogens is 2. The molecule has 5 heteroatoms. The summed E-state index contributed by atoms with van der Waals surface area (Å²) in [5.74, 6) is 5.43. The van der Waals surface area contributed by atoms with Crippen LogP contribution in [0.4, 0.5) is 4.39 Å². The molecule has 3 N–H and O–H groups in total. The third-order valence-corrected chi connectivity index (χ3v) is 4.01. The molecule has 1 unspecified atom stereocenters. The van der Waals surface area contributed by atoms with Crippen LogP contribution in [0.5, 0.6) is 0 Å². The number of hydrogen-bond acceptors (Lipinski definition) is 3. The van der Waals surface area contributed by atoms with Crippen LogP contribution in [0.2, 0.25) is 0 Å². The van der Waals surface area contributed by atoms with Gasteiger partial charge in [-0.1, -0.05) is 12.1 Å². The van der Waals surface area contributed by atoms with Crippen LogP contribution in [0, 0.1) is 19.7 Å². The van der Waals surface area contributed by atoms with Gasteiger partial charge < -0.3 is 0 Å². The Morgan fingerprint density at radius 2 is 2.14 bits per heavy atom. The summed E-state index contributed by atoms with van der Waals surface area (Å²) < 4.78 is 15.1. The second-order valence-electron chi connectivity index (χ2n) is 5.51. The molecule has 114 valence electrons. The molecule has 0 spiro atoms. The van der Waals surface area contributed by atoms with Gasteiger partial charge in [-0.15, -0.1) is 0 Å². The molecule has 2 aromatic rings. The van der Waals surface area contributed by atoms with Crippen molar-refractivity contribution in [2.75, 3.05) is 0 Å². The molecular weight excluding hydrogens is 267 g/mol. The van der Waals surface area contributed by atoms with Crippen molar-refractivity contribution >= 4 is 0 Å². The van der Waals surface area contributed by atoms with Crippen molar-refractivity contribution < 1.29 is 4.39 Å². The van der Waals surface area contributed by atoms with Gasteiger partial charge in [0, 0.05) is 18.8 Å². The molecule has 0 radical (unpaired) electrons. The van der Waals surface area contributed by atoms with Crippen molar-refractivity contribution in [3.05, 3.63) is 52.6 Å². The minimum Gasteiger partial charge on any atom is -0.272 e. The molecule has 1 atom stereocenters. The van der Waals surface area contributed by atoms with Crippen LogP contribution in [0.15, 0.2) is 24.3 Å². The van der Waals surface area contributed by atoms with Gasteiger partial charge in [-0.3, -0.25) is 16.0 Å². The minimum absolute atomic E-state index is 0.116. The maximum atomic E-state index is 13.2. The lowest BCUT2D eigenvalue weighted by molar-refractivity contribution is 0.489. The van der Waals surface area contributed by atoms with Gasteiger partial charge in [-0.25, -0.2) is 4.39 Å². The van der Waals surface area contributed by atoms with E-state index < -0.39 is 0 Å². The smallest absolute Gasteiger partial charge is 0.123 e. The maximum Gasteiger partial charge on any atom is 0.123 e. The summed E-state index contributed by atoms with van der Waals surface area (Å²) in [4.78, 5) is 0. The van der Waals surface area contributed by atoms with Gasteiger partial charge in [-0.05, 0) is 56.4 Å². The van der Waals surface area contributed by atoms with E-state index in [0.717, 1.165) is 24.1 Å². The summed E-state index contributed by atoms with van der Waals surface area (Å²) in [6.45, 7) is 4.10. The second-order valence-corrected chi connectivity index (χ2v) is 5.51. The van der Waals surface area contributed by atoms with Crippen LogP contribution >= 0.6 is 0 Å². The number of nitrogens with zero attached hydrogens (tertiary/aromatic N) is 2. The summed E-state index contributed by atoms with van der Waals surface area (Å²) >= 11 is 0. The highest BCUT2D eigenvalue weighted by Gasteiger charge is 2.13. The Morgan fingerprint density at radius 3 is 2.71 bits per heavy atom. The largest absolute Gasteiger partial charge is 0.272 e. The number of halogens is 1. The average Bonchev–Trinajstić information content (AvgIpc) is 2.69. The molecule has 21 heavy (non-hydrogen) atoms. The SMILES string of the molecule is Cc1nn(C)c(C)c1CCC(Cc1cccc(F)c1)NN. The summed E-state index contributed by atoms with van der Waals surface area (Å²) in [7, 11) is 1.96. The third kappa shape index (κ3) is 3.89. The predicted octanol–water partition coefficient (Wildman–Crippen LogP) is 2.18. The van der Waals surface area contributed by atoms with Crippen LogP contribution in [-0.4, -0.2) is 15.8 Å². The fraction of sp³-hybridized carbons (Fsp3) is 0.438. The Labute approximate surface area is 125 Å². The van der Waals surface area contributed by atoms with Crippen LogP contribution in [0.1, 0.15) is 28.9 Å². The van der Waals surface area contributed by atoms with Crippen LogP contribution < -0.4 is 11.3 Å². The van der Waals surface area contributed by atoms with E-state index in [1.54, 1.807) is 12.1 Å². The number of nitrogens with two attached hydrogens (primary N) is 1. The number of hydrogen-bond donors (Lipinski definition) is 2. The average molecular weight is 290 g/mol. The summed E-state index contributed by atoms with van der Waals surface area (Å²) in [6, 6.07) is 6.79. The summed E-state index contributed by atoms with van der Waals surface area (Å²) in [5.41, 5.74) is 7.32. The molecule has 0 amide bonds. The molecule has 0 saturated heterocycles. The number of nitrogens with one attached hydrogen (secondary N) is 1. The highest BCUT2D eigenvalue weighted by molar-refractivity contribution is 5.24. The molecular formula is C16H23FN4. The first-order valence-electron chi connectivity index (χ1n) is 7.21. The molecule has 2 rings (SSSR count). The van der Waals surface area contributed by atoms with E-state index >= 15 is 0 Å². The van der Waals surface area contributed by atoms with Crippen molar-refractivity contribution in [3.63, 3.8) is 0 Å². The quantitative estimate of drug-likeness (QED) is 0.633. The van der Waals surface area contributed by atoms with Gasteiger partial charge in [0.15, 0.2) is 0 Å². The molecule has 1 heterocycles. The molecule has 0 fully saturated rings. The zero-order chi connectivity index (χ0) is 15.4. The van der Waals surface area contributed by atoms with Crippen molar-refractivity contribution in [2.45, 2.75) is 39.2 Å². The summed E-state index contributed by atoms with van der Waals surface area (Å²) in [6.07, 6.45) is 2.52. The van der Waals surface area contributed by atoms with E-state index in [4.69, 9.17) is 5.84 Å². The Bertz CT molecular complexity index is 606. The molecule has 4 nitrogen and oxygen atoms in total. The van der Waals surface area contributed by atoms with Crippen molar-refractivity contribution in [1.82, 2.24) is 15.2 Å². The van der Waals surface area contributed by atoms with E-state index in [0.29, 0.717) is 6.42 Å². The van der Waals surface area contributed by atoms with E-state index in [2.05, 4.69) is 17.4 Å². The maximum absolute atomic E-state index is 13.2. The second kappa shape index (κ2) is 6.83. The summed E-state index contributed by atoms with van der Waals surface area (Å²) in [5, 5.41) is 4.43. The lowest BCUT2D eigenvalue weighted by Gasteiger charge is -2.16. The first kappa shape index (κ1) is 15.7. The Hall–Kier alpha value is -1.72. The van der Waals surface area contributed by atoms with Crippen molar-refractivity contribution in [3.8, 4) is 0 Å². The molecule has 0 aliphatic rings. The van der Waals surface area contributed by atoms with Gasteiger partial charge >= 0.3 is 0 Å². The van der Waals surface area contributed by atoms with Crippen molar-refractivity contribution in [1.29, 1.82) is 0 Å². The van der Waals surface area contributed by atoms with Crippen LogP contribution in [0.3, 0.4) is 0 Å². The number of benzene rings is 1. The number of rotatable bonds is 6. The van der Waals surface area contributed by atoms with Crippen molar-refractivity contribution in [2.24, 2.45) is 12.9 Å². The van der Waals surface area contributed by atoms with E-state index in [1.165, 1.54) is 17.3 Å². The topological polar surface area (TPSA) is 55.9 Å². The molecule has 0 aliphatic carbocycles. The normalized spacial score (nSPS) is 12.6. The van der Waals surface area contributed by atoms with Gasteiger partial charge in [0.25, 0.3) is 0 Å². The third-order valence-electron chi connectivity index (χ3n) is 4.01. The zero-order valence-electron chi connectivity index (χ0n) is 12.9. The molecule has 0 aliphatic heterocycles. The van der Waals surface area contributed by atoms with E-state index in [-0.39, 0.29) is 11.9 Å². The molecule has 1 aromatic heterocycles. The molecule has 0 saturated carbocycles. The first-order chi connectivity index (χ1) is 10.0. The highest BCUT2D eigenvalue weighted by atomic mass is 19.1. The van der Waals surface area contributed by atoms with Gasteiger partial charge in [0.1, 0.15) is 5.82 Å². The van der Waals surface area contributed by atoms with Crippen LogP contribution in [0.25, 0.3) is 0 Å². The van der Waals surface area contributed by atoms with Gasteiger partial charge in [-0.2, -0.15) is 5.10 Å². The number of hydrazine groups is 1. The minimum atomic E-state index is -0.206. The molecule has 1 aromatic carbocycles. The lowest BCUT2D eigenvalue weighted by Crippen LogP contribution is -2.37. The van der Waals surface area contributed by atoms with Crippen LogP contribution in [-0.2, 0) is 19.9 Å². The fourth-order valence-corrected chi connectivity index (χ4v) is 2.69. The zero-order valence-corrected chi connectivity index (χ0v) is 12.9. The fourth-order valence-electron chi connectivity index (χ4n) is 2.69. The number of aryl methyl sites for hydroxylation is 2. The molecule has 0 bridgehead atoms. The lowest BCUT2D eigenvalue weighted by atomic mass is 9.98. The van der Waals surface area contributed by atoms with Gasteiger partial charge in [0.05, 0.1) is 5.69 Å².